The molecule has 1 amide bonds. The Bertz CT molecular complexity index is 660. The normalized spacial score (nSPS) is 10.4. The van der Waals surface area contributed by atoms with Gasteiger partial charge in [0.05, 0.1) is 10.6 Å². The van der Waals surface area contributed by atoms with Crippen molar-refractivity contribution in [2.24, 2.45) is 0 Å². The number of carbonyl (C=O) groups is 1. The van der Waals surface area contributed by atoms with Crippen LogP contribution in [0.15, 0.2) is 45.8 Å². The number of benzene rings is 2. The zero-order valence-electron chi connectivity index (χ0n) is 11.0. The van der Waals surface area contributed by atoms with E-state index in [9.17, 15) is 4.79 Å². The molecule has 104 valence electrons. The first-order chi connectivity index (χ1) is 9.51. The summed E-state index contributed by atoms with van der Waals surface area (Å²) >= 11 is 11.1. The summed E-state index contributed by atoms with van der Waals surface area (Å²) in [5.41, 5.74) is 2.26. The fourth-order valence-electron chi connectivity index (χ4n) is 1.76. The highest BCUT2D eigenvalue weighted by Gasteiger charge is 2.12. The summed E-state index contributed by atoms with van der Waals surface area (Å²) in [6.45, 7) is 1.94. The second kappa shape index (κ2) is 6.66. The van der Waals surface area contributed by atoms with Crippen LogP contribution >= 0.6 is 39.3 Å². The average molecular weight is 371 g/mol. The van der Waals surface area contributed by atoms with Crippen LogP contribution < -0.4 is 5.32 Å². The number of rotatable bonds is 3. The van der Waals surface area contributed by atoms with Gasteiger partial charge in [0, 0.05) is 15.1 Å². The molecule has 0 fully saturated rings. The van der Waals surface area contributed by atoms with Gasteiger partial charge in [-0.05, 0) is 55.1 Å². The van der Waals surface area contributed by atoms with E-state index in [0.717, 1.165) is 20.6 Å². The van der Waals surface area contributed by atoms with E-state index in [2.05, 4.69) is 21.2 Å². The van der Waals surface area contributed by atoms with Crippen molar-refractivity contribution in [3.05, 3.63) is 57.0 Å². The molecule has 0 aliphatic heterocycles. The number of hydrogen-bond acceptors (Lipinski definition) is 2. The SMILES string of the molecule is CSc1ccc(Cl)c(C(=O)Nc2ccc(Br)cc2C)c1. The van der Waals surface area contributed by atoms with Crippen molar-refractivity contribution in [1.29, 1.82) is 0 Å². The van der Waals surface area contributed by atoms with Crippen LogP contribution in [-0.4, -0.2) is 12.2 Å². The summed E-state index contributed by atoms with van der Waals surface area (Å²) < 4.78 is 0.982. The molecule has 0 atom stereocenters. The Morgan fingerprint density at radius 3 is 2.65 bits per heavy atom. The van der Waals surface area contributed by atoms with Gasteiger partial charge in [-0.25, -0.2) is 0 Å². The molecule has 20 heavy (non-hydrogen) atoms. The van der Waals surface area contributed by atoms with E-state index in [4.69, 9.17) is 11.6 Å². The standard InChI is InChI=1S/C15H13BrClNOS/c1-9-7-10(16)3-6-14(9)18-15(19)12-8-11(20-2)4-5-13(12)17/h3-8H,1-2H3,(H,18,19). The minimum absolute atomic E-state index is 0.198. The first-order valence-electron chi connectivity index (χ1n) is 5.92. The second-order valence-electron chi connectivity index (χ2n) is 4.26. The van der Waals surface area contributed by atoms with Gasteiger partial charge in [-0.3, -0.25) is 4.79 Å². The number of halogens is 2. The van der Waals surface area contributed by atoms with Crippen LogP contribution in [0.3, 0.4) is 0 Å². The highest BCUT2D eigenvalue weighted by molar-refractivity contribution is 9.10. The lowest BCUT2D eigenvalue weighted by Gasteiger charge is -2.10. The third-order valence-corrected chi connectivity index (χ3v) is 4.40. The van der Waals surface area contributed by atoms with Crippen LogP contribution in [-0.2, 0) is 0 Å². The lowest BCUT2D eigenvalue weighted by molar-refractivity contribution is 0.102. The Hall–Kier alpha value is -0.970. The number of hydrogen-bond donors (Lipinski definition) is 1. The molecule has 0 saturated heterocycles. The maximum Gasteiger partial charge on any atom is 0.257 e. The molecule has 2 rings (SSSR count). The highest BCUT2D eigenvalue weighted by atomic mass is 79.9. The Balaban J connectivity index is 2.28. The molecular weight excluding hydrogens is 358 g/mol. The molecular formula is C15H13BrClNOS. The summed E-state index contributed by atoms with van der Waals surface area (Å²) in [6, 6.07) is 11.2. The molecule has 2 nitrogen and oxygen atoms in total. The largest absolute Gasteiger partial charge is 0.322 e. The fourth-order valence-corrected chi connectivity index (χ4v) is 2.88. The van der Waals surface area contributed by atoms with Crippen molar-refractivity contribution < 1.29 is 4.79 Å². The van der Waals surface area contributed by atoms with Gasteiger partial charge in [-0.2, -0.15) is 0 Å². The topological polar surface area (TPSA) is 29.1 Å². The molecule has 0 radical (unpaired) electrons. The molecule has 0 bridgehead atoms. The van der Waals surface area contributed by atoms with Gasteiger partial charge >= 0.3 is 0 Å². The van der Waals surface area contributed by atoms with E-state index in [1.165, 1.54) is 0 Å². The molecule has 0 unspecified atom stereocenters. The molecule has 1 N–H and O–H groups in total. The van der Waals surface area contributed by atoms with Crippen molar-refractivity contribution in [2.45, 2.75) is 11.8 Å². The van der Waals surface area contributed by atoms with Crippen molar-refractivity contribution >= 4 is 50.9 Å². The number of thioether (sulfide) groups is 1. The van der Waals surface area contributed by atoms with Crippen LogP contribution in [0.5, 0.6) is 0 Å². The first-order valence-corrected chi connectivity index (χ1v) is 8.32. The summed E-state index contributed by atoms with van der Waals surface area (Å²) in [5.74, 6) is -0.198. The van der Waals surface area contributed by atoms with Crippen molar-refractivity contribution in [1.82, 2.24) is 0 Å². The van der Waals surface area contributed by atoms with E-state index in [0.29, 0.717) is 10.6 Å². The number of amides is 1. The van der Waals surface area contributed by atoms with Gasteiger partial charge in [0.25, 0.3) is 5.91 Å². The zero-order chi connectivity index (χ0) is 14.7. The van der Waals surface area contributed by atoms with Gasteiger partial charge in [0.1, 0.15) is 0 Å². The van der Waals surface area contributed by atoms with Gasteiger partial charge in [0.15, 0.2) is 0 Å². The van der Waals surface area contributed by atoms with Crippen LogP contribution in [0.2, 0.25) is 5.02 Å². The lowest BCUT2D eigenvalue weighted by atomic mass is 10.1. The Morgan fingerprint density at radius 1 is 1.25 bits per heavy atom. The molecule has 0 aromatic heterocycles. The minimum Gasteiger partial charge on any atom is -0.322 e. The van der Waals surface area contributed by atoms with E-state index >= 15 is 0 Å². The van der Waals surface area contributed by atoms with E-state index in [1.54, 1.807) is 23.9 Å². The first kappa shape index (κ1) is 15.4. The molecule has 2 aromatic rings. The van der Waals surface area contributed by atoms with Crippen LogP contribution in [0.4, 0.5) is 5.69 Å². The van der Waals surface area contributed by atoms with Crippen LogP contribution in [0.25, 0.3) is 0 Å². The predicted octanol–water partition coefficient (Wildman–Crippen LogP) is 5.39. The van der Waals surface area contributed by atoms with E-state index in [1.807, 2.05) is 37.4 Å². The number of carbonyl (C=O) groups excluding carboxylic acids is 1. The molecule has 0 spiro atoms. The monoisotopic (exact) mass is 369 g/mol. The summed E-state index contributed by atoms with van der Waals surface area (Å²) in [7, 11) is 0. The quantitative estimate of drug-likeness (QED) is 0.734. The molecule has 2 aromatic carbocycles. The van der Waals surface area contributed by atoms with Gasteiger partial charge in [-0.1, -0.05) is 27.5 Å². The smallest absolute Gasteiger partial charge is 0.257 e. The summed E-state index contributed by atoms with van der Waals surface area (Å²) in [4.78, 5) is 13.3. The summed E-state index contributed by atoms with van der Waals surface area (Å²) in [5, 5.41) is 3.35. The fraction of sp³-hybridized carbons (Fsp3) is 0.133. The summed E-state index contributed by atoms with van der Waals surface area (Å²) in [6.07, 6.45) is 1.96. The van der Waals surface area contributed by atoms with Gasteiger partial charge in [0.2, 0.25) is 0 Å². The number of anilines is 1. The van der Waals surface area contributed by atoms with Crippen LogP contribution in [0.1, 0.15) is 15.9 Å². The minimum atomic E-state index is -0.198. The number of aryl methyl sites for hydroxylation is 1. The average Bonchev–Trinajstić information content (AvgIpc) is 2.42. The van der Waals surface area contributed by atoms with Crippen molar-refractivity contribution in [3.63, 3.8) is 0 Å². The number of nitrogens with one attached hydrogen (secondary N) is 1. The Kier molecular flexibility index (Phi) is 5.13. The van der Waals surface area contributed by atoms with Gasteiger partial charge < -0.3 is 5.32 Å². The predicted molar refractivity (Wildman–Crippen MR) is 90.1 cm³/mol. The van der Waals surface area contributed by atoms with Crippen molar-refractivity contribution in [2.75, 3.05) is 11.6 Å². The van der Waals surface area contributed by atoms with E-state index in [-0.39, 0.29) is 5.91 Å². The zero-order valence-corrected chi connectivity index (χ0v) is 14.2. The third-order valence-electron chi connectivity index (χ3n) is 2.85. The Labute approximate surface area is 136 Å². The van der Waals surface area contributed by atoms with Crippen LogP contribution in [0, 0.1) is 6.92 Å². The third kappa shape index (κ3) is 3.57. The molecule has 0 heterocycles. The molecule has 5 heteroatoms. The molecule has 0 aliphatic carbocycles. The van der Waals surface area contributed by atoms with E-state index < -0.39 is 0 Å². The van der Waals surface area contributed by atoms with Gasteiger partial charge in [-0.15, -0.1) is 11.8 Å². The van der Waals surface area contributed by atoms with Crippen molar-refractivity contribution in [3.8, 4) is 0 Å². The molecule has 0 saturated carbocycles. The highest BCUT2D eigenvalue weighted by Crippen LogP contribution is 2.25. The second-order valence-corrected chi connectivity index (χ2v) is 6.46. The lowest BCUT2D eigenvalue weighted by Crippen LogP contribution is -2.13. The maximum absolute atomic E-state index is 12.3. The maximum atomic E-state index is 12.3. The molecule has 0 aliphatic rings. The Morgan fingerprint density at radius 2 is 2.00 bits per heavy atom.